The van der Waals surface area contributed by atoms with E-state index in [2.05, 4.69) is 32.1 Å². The molecule has 1 aliphatic carbocycles. The first-order valence-electron chi connectivity index (χ1n) is 11.1. The van der Waals surface area contributed by atoms with Gasteiger partial charge < -0.3 is 10.1 Å². The zero-order chi connectivity index (χ0) is 20.8. The van der Waals surface area contributed by atoms with Crippen LogP contribution in [0.1, 0.15) is 38.2 Å². The topological polar surface area (TPSA) is 63.2 Å². The van der Waals surface area contributed by atoms with Gasteiger partial charge in [0.2, 0.25) is 0 Å². The molecule has 30 heavy (non-hydrogen) atoms. The van der Waals surface area contributed by atoms with Crippen LogP contribution in [0.25, 0.3) is 0 Å². The number of thioether (sulfide) groups is 1. The molecule has 4 atom stereocenters. The fourth-order valence-corrected chi connectivity index (χ4v) is 5.63. The molecular formula is C23H33N5OS. The van der Waals surface area contributed by atoms with Gasteiger partial charge in [-0.05, 0) is 43.2 Å². The van der Waals surface area contributed by atoms with Crippen molar-refractivity contribution >= 4 is 17.6 Å². The van der Waals surface area contributed by atoms with E-state index in [1.54, 1.807) is 11.8 Å². The fraction of sp³-hybridized carbons (Fsp3) is 0.609. The van der Waals surface area contributed by atoms with Gasteiger partial charge in [0.25, 0.3) is 0 Å². The molecule has 2 fully saturated rings. The minimum absolute atomic E-state index is 0.232. The standard InChI is InChI=1S/C23H33N5OS/c1-3-4-9-30-23-25-12-17(13-26-23)14-28-15-18-10-20(21(29-2)11-19(18)16-28)27-22-7-5-6-8-24-22/h5-8,12-13,18-21H,3-4,9-11,14-16H2,1-2H3,(H,24,27)/t18-,19+,20-,21-/m1/s1. The predicted octanol–water partition coefficient (Wildman–Crippen LogP) is 4.10. The minimum atomic E-state index is 0.232. The van der Waals surface area contributed by atoms with Gasteiger partial charge in [-0.3, -0.25) is 4.90 Å². The summed E-state index contributed by atoms with van der Waals surface area (Å²) in [5, 5.41) is 4.51. The molecule has 0 amide bonds. The lowest BCUT2D eigenvalue weighted by Gasteiger charge is -2.37. The number of ether oxygens (including phenoxy) is 1. The van der Waals surface area contributed by atoms with Crippen molar-refractivity contribution in [2.75, 3.05) is 31.3 Å². The second-order valence-electron chi connectivity index (χ2n) is 8.50. The first-order chi connectivity index (χ1) is 14.7. The molecule has 0 aromatic carbocycles. The van der Waals surface area contributed by atoms with E-state index in [-0.39, 0.29) is 6.10 Å². The van der Waals surface area contributed by atoms with Crippen LogP contribution in [-0.2, 0) is 11.3 Å². The Labute approximate surface area is 184 Å². The number of unbranched alkanes of at least 4 members (excludes halogenated alkanes) is 1. The Balaban J connectivity index is 1.31. The predicted molar refractivity (Wildman–Crippen MR) is 122 cm³/mol. The largest absolute Gasteiger partial charge is 0.379 e. The molecule has 2 aliphatic rings. The molecule has 2 aromatic rings. The number of anilines is 1. The van der Waals surface area contributed by atoms with E-state index in [1.807, 2.05) is 43.9 Å². The number of rotatable bonds is 9. The first-order valence-corrected chi connectivity index (χ1v) is 12.1. The van der Waals surface area contributed by atoms with Crippen LogP contribution < -0.4 is 5.32 Å². The molecule has 3 heterocycles. The summed E-state index contributed by atoms with van der Waals surface area (Å²) in [6.45, 7) is 5.41. The van der Waals surface area contributed by atoms with Gasteiger partial charge in [0.1, 0.15) is 5.82 Å². The van der Waals surface area contributed by atoms with Gasteiger partial charge in [0, 0.05) is 56.7 Å². The van der Waals surface area contributed by atoms with Crippen LogP contribution in [0.4, 0.5) is 5.82 Å². The van der Waals surface area contributed by atoms with Crippen molar-refractivity contribution in [1.29, 1.82) is 0 Å². The third-order valence-corrected chi connectivity index (χ3v) is 7.27. The average Bonchev–Trinajstić information content (AvgIpc) is 3.16. The number of pyridine rings is 1. The number of fused-ring (bicyclic) bond motifs is 1. The highest BCUT2D eigenvalue weighted by Crippen LogP contribution is 2.38. The number of nitrogens with zero attached hydrogens (tertiary/aromatic N) is 4. The number of hydrogen-bond donors (Lipinski definition) is 1. The molecule has 7 heteroatoms. The summed E-state index contributed by atoms with van der Waals surface area (Å²) < 4.78 is 5.86. The highest BCUT2D eigenvalue weighted by molar-refractivity contribution is 7.99. The van der Waals surface area contributed by atoms with E-state index in [1.165, 1.54) is 18.4 Å². The zero-order valence-corrected chi connectivity index (χ0v) is 18.9. The number of aromatic nitrogens is 3. The molecule has 0 radical (unpaired) electrons. The molecule has 1 saturated carbocycles. The van der Waals surface area contributed by atoms with Crippen LogP contribution in [0.5, 0.6) is 0 Å². The minimum Gasteiger partial charge on any atom is -0.379 e. The summed E-state index contributed by atoms with van der Waals surface area (Å²) in [7, 11) is 1.84. The van der Waals surface area contributed by atoms with E-state index in [0.717, 1.165) is 49.2 Å². The second kappa shape index (κ2) is 10.6. The van der Waals surface area contributed by atoms with Crippen LogP contribution in [0.2, 0.25) is 0 Å². The average molecular weight is 428 g/mol. The molecule has 1 saturated heterocycles. The fourth-order valence-electron chi connectivity index (χ4n) is 4.76. The van der Waals surface area contributed by atoms with Crippen LogP contribution in [0, 0.1) is 11.8 Å². The molecule has 2 aromatic heterocycles. The lowest BCUT2D eigenvalue weighted by Crippen LogP contribution is -2.44. The third kappa shape index (κ3) is 5.50. The molecule has 6 nitrogen and oxygen atoms in total. The summed E-state index contributed by atoms with van der Waals surface area (Å²) in [6.07, 6.45) is 10.7. The van der Waals surface area contributed by atoms with Gasteiger partial charge in [-0.2, -0.15) is 0 Å². The van der Waals surface area contributed by atoms with Gasteiger partial charge in [0.05, 0.1) is 12.1 Å². The molecule has 0 spiro atoms. The van der Waals surface area contributed by atoms with Crippen molar-refractivity contribution in [3.8, 4) is 0 Å². The second-order valence-corrected chi connectivity index (χ2v) is 9.56. The molecule has 1 aliphatic heterocycles. The van der Waals surface area contributed by atoms with Crippen LogP contribution >= 0.6 is 11.8 Å². The first kappa shape index (κ1) is 21.5. The highest BCUT2D eigenvalue weighted by Gasteiger charge is 2.42. The van der Waals surface area contributed by atoms with Crippen molar-refractivity contribution in [1.82, 2.24) is 19.9 Å². The highest BCUT2D eigenvalue weighted by atomic mass is 32.2. The summed E-state index contributed by atoms with van der Waals surface area (Å²) in [6, 6.07) is 6.32. The molecule has 0 bridgehead atoms. The van der Waals surface area contributed by atoms with Gasteiger partial charge >= 0.3 is 0 Å². The Morgan fingerprint density at radius 2 is 1.93 bits per heavy atom. The maximum absolute atomic E-state index is 5.86. The molecular weight excluding hydrogens is 394 g/mol. The number of methoxy groups -OCH3 is 1. The number of hydrogen-bond acceptors (Lipinski definition) is 7. The Morgan fingerprint density at radius 3 is 2.63 bits per heavy atom. The lowest BCUT2D eigenvalue weighted by molar-refractivity contribution is 0.0304. The zero-order valence-electron chi connectivity index (χ0n) is 18.0. The lowest BCUT2D eigenvalue weighted by atomic mass is 9.77. The van der Waals surface area contributed by atoms with E-state index in [0.29, 0.717) is 17.9 Å². The molecule has 0 unspecified atom stereocenters. The number of likely N-dealkylation sites (tertiary alicyclic amines) is 1. The van der Waals surface area contributed by atoms with Crippen LogP contribution in [0.3, 0.4) is 0 Å². The quantitative estimate of drug-likeness (QED) is 0.367. The van der Waals surface area contributed by atoms with Crippen molar-refractivity contribution < 1.29 is 4.74 Å². The van der Waals surface area contributed by atoms with E-state index < -0.39 is 0 Å². The number of nitrogens with one attached hydrogen (secondary N) is 1. The van der Waals surface area contributed by atoms with Gasteiger partial charge in [0.15, 0.2) is 5.16 Å². The van der Waals surface area contributed by atoms with Crippen molar-refractivity contribution in [3.05, 3.63) is 42.4 Å². The molecule has 162 valence electrons. The van der Waals surface area contributed by atoms with Crippen molar-refractivity contribution in [2.45, 2.75) is 56.5 Å². The van der Waals surface area contributed by atoms with E-state index in [9.17, 15) is 0 Å². The summed E-state index contributed by atoms with van der Waals surface area (Å²) in [4.78, 5) is 16.1. The summed E-state index contributed by atoms with van der Waals surface area (Å²) in [5.74, 6) is 3.43. The Morgan fingerprint density at radius 1 is 1.13 bits per heavy atom. The van der Waals surface area contributed by atoms with E-state index in [4.69, 9.17) is 4.74 Å². The Kier molecular flexibility index (Phi) is 7.57. The SMILES string of the molecule is CCCCSc1ncc(CN2C[C@H]3C[C@@H](Nc4ccccn4)[C@H](OC)C[C@H]3C2)cn1. The summed E-state index contributed by atoms with van der Waals surface area (Å²) in [5.41, 5.74) is 1.21. The van der Waals surface area contributed by atoms with Crippen molar-refractivity contribution in [2.24, 2.45) is 11.8 Å². The van der Waals surface area contributed by atoms with Gasteiger partial charge in [-0.1, -0.05) is 31.2 Å². The maximum Gasteiger partial charge on any atom is 0.187 e. The monoisotopic (exact) mass is 427 g/mol. The van der Waals surface area contributed by atoms with Crippen LogP contribution in [0.15, 0.2) is 41.9 Å². The molecule has 4 rings (SSSR count). The molecule has 1 N–H and O–H groups in total. The maximum atomic E-state index is 5.86. The Bertz CT molecular complexity index is 775. The van der Waals surface area contributed by atoms with Crippen molar-refractivity contribution in [3.63, 3.8) is 0 Å². The summed E-state index contributed by atoms with van der Waals surface area (Å²) >= 11 is 1.75. The van der Waals surface area contributed by atoms with Gasteiger partial charge in [-0.25, -0.2) is 15.0 Å². The van der Waals surface area contributed by atoms with E-state index >= 15 is 0 Å². The Hall–Kier alpha value is -1.70. The third-order valence-electron chi connectivity index (χ3n) is 6.31. The normalized spacial score (nSPS) is 26.5. The van der Waals surface area contributed by atoms with Crippen LogP contribution in [-0.4, -0.2) is 57.9 Å². The van der Waals surface area contributed by atoms with Gasteiger partial charge in [-0.15, -0.1) is 0 Å². The smallest absolute Gasteiger partial charge is 0.187 e.